The Labute approximate surface area is 198 Å². The fourth-order valence-electron chi connectivity index (χ4n) is 3.59. The summed E-state index contributed by atoms with van der Waals surface area (Å²) in [7, 11) is 0. The smallest absolute Gasteiger partial charge is 0.291 e. The largest absolute Gasteiger partial charge is 0.484 e. The summed E-state index contributed by atoms with van der Waals surface area (Å²) in [5.41, 5.74) is 5.61. The lowest BCUT2D eigenvalue weighted by molar-refractivity contribution is 0.0992. The van der Waals surface area contributed by atoms with Crippen LogP contribution in [0.1, 0.15) is 44.4 Å². The van der Waals surface area contributed by atoms with Crippen LogP contribution in [0.5, 0.6) is 5.75 Å². The molecule has 4 rings (SSSR count). The molecule has 0 aliphatic carbocycles. The number of halogens is 1. The van der Waals surface area contributed by atoms with Gasteiger partial charge in [0.2, 0.25) is 0 Å². The van der Waals surface area contributed by atoms with Crippen LogP contribution in [0, 0.1) is 27.7 Å². The zero-order valence-electron chi connectivity index (χ0n) is 19.1. The van der Waals surface area contributed by atoms with Crippen LogP contribution in [0.4, 0.5) is 5.69 Å². The minimum Gasteiger partial charge on any atom is -0.484 e. The highest BCUT2D eigenvalue weighted by molar-refractivity contribution is 6.32. The molecule has 0 radical (unpaired) electrons. The van der Waals surface area contributed by atoms with Crippen molar-refractivity contribution in [2.45, 2.75) is 40.8 Å². The minimum atomic E-state index is -0.337. The summed E-state index contributed by atoms with van der Waals surface area (Å²) in [6.45, 7) is 8.60. The molecule has 0 aliphatic heterocycles. The number of hydrogen-bond donors (Lipinski definition) is 1. The molecule has 170 valence electrons. The lowest BCUT2D eigenvalue weighted by atomic mass is 10.1. The third kappa shape index (κ3) is 5.12. The zero-order valence-corrected chi connectivity index (χ0v) is 19.9. The molecule has 0 unspecified atom stereocenters. The first kappa shape index (κ1) is 22.7. The number of benzene rings is 2. The number of ether oxygens (including phenoxy) is 1. The fourth-order valence-corrected chi connectivity index (χ4v) is 3.87. The number of hydrogen-bond acceptors (Lipinski definition) is 4. The molecule has 2 aromatic carbocycles. The number of aromatic nitrogens is 2. The van der Waals surface area contributed by atoms with E-state index in [1.807, 2.05) is 37.6 Å². The Hall–Kier alpha value is -3.51. The second-order valence-electron chi connectivity index (χ2n) is 8.08. The van der Waals surface area contributed by atoms with Crippen molar-refractivity contribution in [3.05, 3.63) is 99.2 Å². The topological polar surface area (TPSA) is 69.3 Å². The first-order chi connectivity index (χ1) is 15.8. The molecule has 0 aliphatic rings. The SMILES string of the molecule is Cc1ccc(Cn2nc(C)c(NC(=O)c3ccc(COc4c(C)cccc4Cl)o3)c2C)cc1. The van der Waals surface area contributed by atoms with Crippen LogP contribution in [0.25, 0.3) is 0 Å². The maximum absolute atomic E-state index is 12.8. The number of furan rings is 1. The Morgan fingerprint density at radius 1 is 1.06 bits per heavy atom. The molecule has 4 aromatic rings. The highest BCUT2D eigenvalue weighted by atomic mass is 35.5. The summed E-state index contributed by atoms with van der Waals surface area (Å²) in [4.78, 5) is 12.8. The van der Waals surface area contributed by atoms with Crippen LogP contribution in [-0.2, 0) is 13.2 Å². The fraction of sp³-hybridized carbons (Fsp3) is 0.231. The summed E-state index contributed by atoms with van der Waals surface area (Å²) in [6.07, 6.45) is 0. The van der Waals surface area contributed by atoms with Crippen molar-refractivity contribution in [2.24, 2.45) is 0 Å². The molecule has 7 heteroatoms. The predicted octanol–water partition coefficient (Wildman–Crippen LogP) is 6.24. The Kier molecular flexibility index (Phi) is 6.56. The lowest BCUT2D eigenvalue weighted by Crippen LogP contribution is -2.12. The van der Waals surface area contributed by atoms with Crippen LogP contribution in [-0.4, -0.2) is 15.7 Å². The van der Waals surface area contributed by atoms with Crippen molar-refractivity contribution in [3.63, 3.8) is 0 Å². The standard InChI is InChI=1S/C26H26ClN3O3/c1-16-8-10-20(11-9-16)14-30-19(4)24(18(3)29-30)28-26(31)23-13-12-21(33-23)15-32-25-17(2)6-5-7-22(25)27/h5-13H,14-15H2,1-4H3,(H,28,31). The van der Waals surface area contributed by atoms with Gasteiger partial charge >= 0.3 is 0 Å². The maximum Gasteiger partial charge on any atom is 0.291 e. The van der Waals surface area contributed by atoms with Crippen molar-refractivity contribution in [2.75, 3.05) is 5.32 Å². The van der Waals surface area contributed by atoms with Gasteiger partial charge in [-0.2, -0.15) is 5.10 Å². The maximum atomic E-state index is 12.8. The summed E-state index contributed by atoms with van der Waals surface area (Å²) in [5.74, 6) is 1.00. The molecular formula is C26H26ClN3O3. The van der Waals surface area contributed by atoms with E-state index in [-0.39, 0.29) is 18.3 Å². The number of para-hydroxylation sites is 1. The van der Waals surface area contributed by atoms with E-state index in [0.29, 0.717) is 28.8 Å². The normalized spacial score (nSPS) is 10.9. The summed E-state index contributed by atoms with van der Waals surface area (Å²) in [6, 6.07) is 17.2. The average molecular weight is 464 g/mol. The first-order valence-electron chi connectivity index (χ1n) is 10.7. The van der Waals surface area contributed by atoms with Crippen LogP contribution < -0.4 is 10.1 Å². The number of carbonyl (C=O) groups excluding carboxylic acids is 1. The van der Waals surface area contributed by atoms with Gasteiger partial charge in [0.05, 0.1) is 28.6 Å². The van der Waals surface area contributed by atoms with E-state index < -0.39 is 0 Å². The van der Waals surface area contributed by atoms with E-state index in [0.717, 1.165) is 22.5 Å². The van der Waals surface area contributed by atoms with Crippen LogP contribution in [0.2, 0.25) is 5.02 Å². The molecule has 33 heavy (non-hydrogen) atoms. The van der Waals surface area contributed by atoms with Gasteiger partial charge in [0.25, 0.3) is 5.91 Å². The summed E-state index contributed by atoms with van der Waals surface area (Å²) in [5, 5.41) is 8.07. The van der Waals surface area contributed by atoms with Crippen molar-refractivity contribution < 1.29 is 13.9 Å². The van der Waals surface area contributed by atoms with Gasteiger partial charge in [-0.25, -0.2) is 0 Å². The molecular weight excluding hydrogens is 438 g/mol. The van der Waals surface area contributed by atoms with Gasteiger partial charge in [-0.15, -0.1) is 0 Å². The van der Waals surface area contributed by atoms with Crippen LogP contribution in [0.3, 0.4) is 0 Å². The molecule has 1 N–H and O–H groups in total. The van der Waals surface area contributed by atoms with Crippen LogP contribution in [0.15, 0.2) is 59.0 Å². The molecule has 2 aromatic heterocycles. The highest BCUT2D eigenvalue weighted by Crippen LogP contribution is 2.29. The van der Waals surface area contributed by atoms with E-state index in [4.69, 9.17) is 20.8 Å². The number of carbonyl (C=O) groups is 1. The van der Waals surface area contributed by atoms with E-state index >= 15 is 0 Å². The monoisotopic (exact) mass is 463 g/mol. The molecule has 6 nitrogen and oxygen atoms in total. The Morgan fingerprint density at radius 2 is 1.82 bits per heavy atom. The van der Waals surface area contributed by atoms with Crippen molar-refractivity contribution in [3.8, 4) is 5.75 Å². The Morgan fingerprint density at radius 3 is 2.55 bits per heavy atom. The van der Waals surface area contributed by atoms with Gasteiger partial charge in [-0.05, 0) is 57.0 Å². The van der Waals surface area contributed by atoms with Crippen LogP contribution >= 0.6 is 11.6 Å². The van der Waals surface area contributed by atoms with Crippen molar-refractivity contribution >= 4 is 23.2 Å². The van der Waals surface area contributed by atoms with Gasteiger partial charge in [0.1, 0.15) is 18.1 Å². The third-order valence-electron chi connectivity index (χ3n) is 5.48. The number of aryl methyl sites for hydroxylation is 3. The average Bonchev–Trinajstić information content (AvgIpc) is 3.35. The molecule has 0 spiro atoms. The Balaban J connectivity index is 1.43. The van der Waals surface area contributed by atoms with Gasteiger partial charge in [-0.1, -0.05) is 53.6 Å². The number of nitrogens with zero attached hydrogens (tertiary/aromatic N) is 2. The number of nitrogens with one attached hydrogen (secondary N) is 1. The predicted molar refractivity (Wildman–Crippen MR) is 129 cm³/mol. The second kappa shape index (κ2) is 9.55. The van der Waals surface area contributed by atoms with Crippen molar-refractivity contribution in [1.82, 2.24) is 9.78 Å². The first-order valence-corrected chi connectivity index (χ1v) is 11.1. The minimum absolute atomic E-state index is 0.171. The van der Waals surface area contributed by atoms with Gasteiger partial charge < -0.3 is 14.5 Å². The van der Waals surface area contributed by atoms with Gasteiger partial charge in [0.15, 0.2) is 5.76 Å². The molecule has 1 amide bonds. The summed E-state index contributed by atoms with van der Waals surface area (Å²) >= 11 is 6.20. The molecule has 0 saturated carbocycles. The second-order valence-corrected chi connectivity index (χ2v) is 8.49. The lowest BCUT2D eigenvalue weighted by Gasteiger charge is -2.09. The van der Waals surface area contributed by atoms with Gasteiger partial charge in [-0.3, -0.25) is 9.48 Å². The van der Waals surface area contributed by atoms with E-state index in [2.05, 4.69) is 41.6 Å². The molecule has 0 saturated heterocycles. The number of rotatable bonds is 7. The molecule has 0 fully saturated rings. The molecule has 2 heterocycles. The van der Waals surface area contributed by atoms with E-state index in [9.17, 15) is 4.79 Å². The quantitative estimate of drug-likeness (QED) is 0.352. The number of amides is 1. The molecule has 0 bridgehead atoms. The summed E-state index contributed by atoms with van der Waals surface area (Å²) < 4.78 is 13.4. The van der Waals surface area contributed by atoms with E-state index in [1.165, 1.54) is 5.56 Å². The van der Waals surface area contributed by atoms with E-state index in [1.54, 1.807) is 18.2 Å². The molecule has 0 atom stereocenters. The zero-order chi connectivity index (χ0) is 23.5. The Bertz CT molecular complexity index is 1270. The third-order valence-corrected chi connectivity index (χ3v) is 5.78. The highest BCUT2D eigenvalue weighted by Gasteiger charge is 2.18. The number of anilines is 1. The van der Waals surface area contributed by atoms with Gasteiger partial charge in [0, 0.05) is 0 Å². The van der Waals surface area contributed by atoms with Crippen molar-refractivity contribution in [1.29, 1.82) is 0 Å².